The maximum Gasteiger partial charge on any atom is 0.269 e. The Balaban J connectivity index is 1.63. The lowest BCUT2D eigenvalue weighted by Crippen LogP contribution is -2.13. The highest BCUT2D eigenvalue weighted by Crippen LogP contribution is 2.19. The average Bonchev–Trinajstić information content (AvgIpc) is 3.31. The van der Waals surface area contributed by atoms with Gasteiger partial charge in [-0.05, 0) is 41.5 Å². The van der Waals surface area contributed by atoms with Crippen molar-refractivity contribution < 1.29 is 22.9 Å². The van der Waals surface area contributed by atoms with Crippen LogP contribution in [0.1, 0.15) is 18.1 Å². The number of carbonyl (C=O) groups is 1. The predicted molar refractivity (Wildman–Crippen MR) is 124 cm³/mol. The number of nitro benzene ring substituents is 1. The lowest BCUT2D eigenvalue weighted by atomic mass is 10.1. The molecule has 0 aliphatic carbocycles. The molecule has 0 atom stereocenters. The molecule has 0 saturated carbocycles. The summed E-state index contributed by atoms with van der Waals surface area (Å²) in [7, 11) is -3.60. The van der Waals surface area contributed by atoms with Crippen molar-refractivity contribution in [3.8, 4) is 11.8 Å². The van der Waals surface area contributed by atoms with E-state index in [-0.39, 0.29) is 33.9 Å². The summed E-state index contributed by atoms with van der Waals surface area (Å²) < 4.78 is 33.0. The minimum Gasteiger partial charge on any atom is -0.489 e. The summed E-state index contributed by atoms with van der Waals surface area (Å²) in [4.78, 5) is 26.4. The highest BCUT2D eigenvalue weighted by Gasteiger charge is 2.20. The van der Waals surface area contributed by atoms with E-state index in [9.17, 15) is 28.6 Å². The molecule has 1 amide bonds. The van der Waals surface area contributed by atoms with Crippen molar-refractivity contribution in [3.63, 3.8) is 0 Å². The lowest BCUT2D eigenvalue weighted by Gasteiger charge is -2.07. The smallest absolute Gasteiger partial charge is 0.269 e. The lowest BCUT2D eigenvalue weighted by molar-refractivity contribution is -0.384. The van der Waals surface area contributed by atoms with Crippen molar-refractivity contribution in [2.75, 3.05) is 11.1 Å². The molecule has 1 N–H and O–H groups in total. The second-order valence-electron chi connectivity index (χ2n) is 6.69. The molecule has 0 aliphatic rings. The third-order valence-corrected chi connectivity index (χ3v) is 6.64. The largest absolute Gasteiger partial charge is 0.489 e. The van der Waals surface area contributed by atoms with E-state index in [1.165, 1.54) is 25.1 Å². The molecular formula is C21H17N5O6S2. The third kappa shape index (κ3) is 6.21. The van der Waals surface area contributed by atoms with Gasteiger partial charge in [0, 0.05) is 23.7 Å². The van der Waals surface area contributed by atoms with Gasteiger partial charge in [0.25, 0.3) is 16.8 Å². The maximum absolute atomic E-state index is 12.4. The van der Waals surface area contributed by atoms with Crippen molar-refractivity contribution in [3.05, 3.63) is 75.3 Å². The molecular weight excluding hydrogens is 482 g/mol. The number of ether oxygens (including phenoxy) is 1. The maximum atomic E-state index is 12.4. The van der Waals surface area contributed by atoms with Crippen LogP contribution in [0.3, 0.4) is 0 Å². The number of benzene rings is 2. The van der Waals surface area contributed by atoms with Crippen LogP contribution in [-0.4, -0.2) is 34.4 Å². The SMILES string of the molecule is CCS(=O)(=O)c1nsc(NC(=O)/C(C#N)=C\c2ccc(OCc3ccc([N+](=O)[O-])cc3)cc2)n1. The van der Waals surface area contributed by atoms with Gasteiger partial charge in [-0.3, -0.25) is 20.2 Å². The Kier molecular flexibility index (Phi) is 7.67. The van der Waals surface area contributed by atoms with Crippen LogP contribution in [0.2, 0.25) is 0 Å². The first kappa shape index (κ1) is 24.5. The molecule has 0 aliphatic heterocycles. The first-order valence-electron chi connectivity index (χ1n) is 9.67. The Morgan fingerprint density at radius 3 is 2.50 bits per heavy atom. The van der Waals surface area contributed by atoms with Crippen molar-refractivity contribution in [2.45, 2.75) is 18.7 Å². The van der Waals surface area contributed by atoms with Gasteiger partial charge in [-0.1, -0.05) is 19.1 Å². The molecule has 1 aromatic heterocycles. The number of nitro groups is 1. The summed E-state index contributed by atoms with van der Waals surface area (Å²) in [5.74, 6) is -0.400. The van der Waals surface area contributed by atoms with E-state index in [0.717, 1.165) is 5.56 Å². The molecule has 2 aromatic carbocycles. The molecule has 0 fully saturated rings. The molecule has 0 bridgehead atoms. The van der Waals surface area contributed by atoms with Crippen molar-refractivity contribution in [1.29, 1.82) is 5.26 Å². The van der Waals surface area contributed by atoms with Crippen LogP contribution in [0.15, 0.2) is 59.3 Å². The number of nitriles is 1. The van der Waals surface area contributed by atoms with E-state index in [4.69, 9.17) is 4.74 Å². The number of rotatable bonds is 9. The Morgan fingerprint density at radius 1 is 1.24 bits per heavy atom. The number of anilines is 1. The van der Waals surface area contributed by atoms with E-state index < -0.39 is 20.7 Å². The molecule has 1 heterocycles. The van der Waals surface area contributed by atoms with Gasteiger partial charge in [0.1, 0.15) is 24.0 Å². The third-order valence-electron chi connectivity index (χ3n) is 4.39. The monoisotopic (exact) mass is 499 g/mol. The van der Waals surface area contributed by atoms with Gasteiger partial charge in [-0.15, -0.1) is 0 Å². The Hall–Kier alpha value is -4.15. The fourth-order valence-electron chi connectivity index (χ4n) is 2.54. The summed E-state index contributed by atoms with van der Waals surface area (Å²) in [5.41, 5.74) is 1.09. The molecule has 0 unspecified atom stereocenters. The molecule has 3 aromatic rings. The number of amides is 1. The van der Waals surface area contributed by atoms with Gasteiger partial charge in [0.15, 0.2) is 0 Å². The van der Waals surface area contributed by atoms with E-state index in [0.29, 0.717) is 22.8 Å². The number of non-ortho nitro benzene ring substituents is 1. The van der Waals surface area contributed by atoms with Gasteiger partial charge in [0.2, 0.25) is 15.0 Å². The standard InChI is InChI=1S/C21H17N5O6S2/c1-2-34(30,31)21-24-20(33-25-21)23-19(27)16(12-22)11-14-5-9-18(10-6-14)32-13-15-3-7-17(8-4-15)26(28)29/h3-11H,2,13H2,1H3,(H,23,24,25,27)/b16-11-. The fourth-order valence-corrected chi connectivity index (χ4v) is 4.12. The first-order chi connectivity index (χ1) is 16.2. The Bertz CT molecular complexity index is 1370. The van der Waals surface area contributed by atoms with Gasteiger partial charge in [-0.25, -0.2) is 8.42 Å². The number of hydrogen-bond donors (Lipinski definition) is 1. The summed E-state index contributed by atoms with van der Waals surface area (Å²) in [6.07, 6.45) is 1.36. The van der Waals surface area contributed by atoms with Crippen molar-refractivity contribution in [2.24, 2.45) is 0 Å². The zero-order valence-electron chi connectivity index (χ0n) is 17.7. The number of nitrogens with zero attached hydrogens (tertiary/aromatic N) is 4. The second kappa shape index (κ2) is 10.6. The minimum absolute atomic E-state index is 0.00483. The topological polar surface area (TPSA) is 165 Å². The number of sulfone groups is 1. The summed E-state index contributed by atoms with van der Waals surface area (Å²) >= 11 is 0.703. The second-order valence-corrected chi connectivity index (χ2v) is 9.61. The highest BCUT2D eigenvalue weighted by molar-refractivity contribution is 7.91. The molecule has 0 saturated heterocycles. The van der Waals surface area contributed by atoms with Crippen LogP contribution in [0.5, 0.6) is 5.75 Å². The van der Waals surface area contributed by atoms with Crippen LogP contribution in [0.4, 0.5) is 10.8 Å². The summed E-state index contributed by atoms with van der Waals surface area (Å²) in [5, 5.41) is 22.0. The normalized spacial score (nSPS) is 11.5. The zero-order valence-corrected chi connectivity index (χ0v) is 19.3. The molecule has 0 radical (unpaired) electrons. The molecule has 3 rings (SSSR count). The van der Waals surface area contributed by atoms with Crippen LogP contribution < -0.4 is 10.1 Å². The number of hydrogen-bond acceptors (Lipinski definition) is 10. The minimum atomic E-state index is -3.60. The number of aromatic nitrogens is 2. The number of nitrogens with one attached hydrogen (secondary N) is 1. The zero-order chi connectivity index (χ0) is 24.7. The quantitative estimate of drug-likeness (QED) is 0.201. The van der Waals surface area contributed by atoms with E-state index >= 15 is 0 Å². The molecule has 0 spiro atoms. The number of carbonyl (C=O) groups excluding carboxylic acids is 1. The van der Waals surface area contributed by atoms with E-state index in [1.807, 2.05) is 0 Å². The van der Waals surface area contributed by atoms with Crippen molar-refractivity contribution >= 4 is 44.2 Å². The Labute approximate surface area is 198 Å². The fraction of sp³-hybridized carbons (Fsp3) is 0.143. The molecule has 13 heteroatoms. The van der Waals surface area contributed by atoms with Gasteiger partial charge in [-0.2, -0.15) is 14.6 Å². The molecule has 174 valence electrons. The summed E-state index contributed by atoms with van der Waals surface area (Å²) in [6.45, 7) is 1.66. The van der Waals surface area contributed by atoms with Crippen molar-refractivity contribution in [1.82, 2.24) is 9.36 Å². The highest BCUT2D eigenvalue weighted by atomic mass is 32.2. The van der Waals surface area contributed by atoms with Gasteiger partial charge in [0.05, 0.1) is 10.7 Å². The van der Waals surface area contributed by atoms with Gasteiger partial charge >= 0.3 is 0 Å². The van der Waals surface area contributed by atoms with Crippen LogP contribution in [-0.2, 0) is 21.2 Å². The predicted octanol–water partition coefficient (Wildman–Crippen LogP) is 3.36. The molecule has 11 nitrogen and oxygen atoms in total. The molecule has 34 heavy (non-hydrogen) atoms. The van der Waals surface area contributed by atoms with Crippen LogP contribution in [0.25, 0.3) is 6.08 Å². The van der Waals surface area contributed by atoms with Crippen LogP contribution in [0, 0.1) is 21.4 Å². The summed E-state index contributed by atoms with van der Waals surface area (Å²) in [6, 6.07) is 14.4. The first-order valence-corrected chi connectivity index (χ1v) is 12.1. The van der Waals surface area contributed by atoms with E-state index in [1.54, 1.807) is 42.5 Å². The Morgan fingerprint density at radius 2 is 1.91 bits per heavy atom. The average molecular weight is 500 g/mol. The van der Waals surface area contributed by atoms with Gasteiger partial charge < -0.3 is 4.74 Å². The van der Waals surface area contributed by atoms with E-state index in [2.05, 4.69) is 14.7 Å². The van der Waals surface area contributed by atoms with Crippen LogP contribution >= 0.6 is 11.5 Å².